The second kappa shape index (κ2) is 7.01. The first kappa shape index (κ1) is 16.3. The van der Waals surface area contributed by atoms with E-state index in [9.17, 15) is 0 Å². The molecule has 26 heavy (non-hydrogen) atoms. The van der Waals surface area contributed by atoms with Crippen molar-refractivity contribution in [2.24, 2.45) is 0 Å². The molecule has 1 aliphatic rings. The van der Waals surface area contributed by atoms with E-state index < -0.39 is 0 Å². The molecule has 0 bridgehead atoms. The zero-order valence-electron chi connectivity index (χ0n) is 14.4. The molecule has 0 spiro atoms. The molecule has 0 aliphatic carbocycles. The van der Waals surface area contributed by atoms with Crippen LogP contribution in [0.2, 0.25) is 0 Å². The first-order valence-corrected chi connectivity index (χ1v) is 8.66. The van der Waals surface area contributed by atoms with Crippen LogP contribution in [0.3, 0.4) is 0 Å². The Morgan fingerprint density at radius 3 is 2.15 bits per heavy atom. The summed E-state index contributed by atoms with van der Waals surface area (Å²) in [6.45, 7) is 1.63. The van der Waals surface area contributed by atoms with Gasteiger partial charge in [-0.15, -0.1) is 0 Å². The van der Waals surface area contributed by atoms with Crippen molar-refractivity contribution in [3.8, 4) is 6.07 Å². The maximum Gasteiger partial charge on any atom is 0.116 e. The minimum Gasteiger partial charge on any atom is -0.399 e. The van der Waals surface area contributed by atoms with Gasteiger partial charge in [-0.05, 0) is 41.0 Å². The monoisotopic (exact) mass is 340 g/mol. The molecule has 1 saturated heterocycles. The van der Waals surface area contributed by atoms with Gasteiger partial charge in [0.15, 0.2) is 0 Å². The number of nitrogen functional groups attached to an aromatic ring is 1. The molecular formula is C22H20N4. The van der Waals surface area contributed by atoms with Crippen molar-refractivity contribution in [1.29, 1.82) is 5.26 Å². The summed E-state index contributed by atoms with van der Waals surface area (Å²) in [7, 11) is 0. The summed E-state index contributed by atoms with van der Waals surface area (Å²) in [6, 6.07) is 28.6. The van der Waals surface area contributed by atoms with Crippen molar-refractivity contribution < 1.29 is 0 Å². The van der Waals surface area contributed by atoms with Crippen LogP contribution in [0.15, 0.2) is 78.9 Å². The van der Waals surface area contributed by atoms with Crippen LogP contribution in [0, 0.1) is 11.3 Å². The standard InChI is InChI=1S/C22H20N4/c23-14-18-7-4-8-19(13-18)16-26-22(20-9-11-21(24)12-10-20)25(26)15-17-5-2-1-3-6-17/h1-13,22H,15-16,24H2. The second-order valence-corrected chi connectivity index (χ2v) is 6.53. The molecule has 3 atom stereocenters. The molecule has 1 aliphatic heterocycles. The quantitative estimate of drug-likeness (QED) is 0.562. The zero-order chi connectivity index (χ0) is 17.9. The lowest BCUT2D eigenvalue weighted by molar-refractivity contribution is 0.293. The molecule has 3 aromatic rings. The van der Waals surface area contributed by atoms with E-state index in [2.05, 4.69) is 58.6 Å². The fraction of sp³-hybridized carbons (Fsp3) is 0.136. The van der Waals surface area contributed by atoms with Gasteiger partial charge >= 0.3 is 0 Å². The molecule has 4 heteroatoms. The van der Waals surface area contributed by atoms with Crippen LogP contribution in [0.5, 0.6) is 0 Å². The Labute approximate surface area is 153 Å². The van der Waals surface area contributed by atoms with Crippen molar-refractivity contribution >= 4 is 5.69 Å². The first-order chi connectivity index (χ1) is 12.7. The van der Waals surface area contributed by atoms with Gasteiger partial charge in [0.05, 0.1) is 11.6 Å². The van der Waals surface area contributed by atoms with Gasteiger partial charge in [0.1, 0.15) is 6.17 Å². The van der Waals surface area contributed by atoms with Gasteiger partial charge in [0, 0.05) is 18.8 Å². The van der Waals surface area contributed by atoms with Crippen molar-refractivity contribution in [3.63, 3.8) is 0 Å². The number of benzene rings is 3. The van der Waals surface area contributed by atoms with E-state index in [0.29, 0.717) is 5.56 Å². The molecule has 1 fully saturated rings. The van der Waals surface area contributed by atoms with Crippen molar-refractivity contribution in [3.05, 3.63) is 101 Å². The molecule has 4 rings (SSSR count). The van der Waals surface area contributed by atoms with Crippen LogP contribution in [-0.4, -0.2) is 10.0 Å². The normalized spacial score (nSPS) is 21.1. The van der Waals surface area contributed by atoms with E-state index in [1.165, 1.54) is 11.1 Å². The molecule has 2 N–H and O–H groups in total. The number of nitrogens with two attached hydrogens (primary N) is 1. The van der Waals surface area contributed by atoms with E-state index in [4.69, 9.17) is 11.0 Å². The predicted octanol–water partition coefficient (Wildman–Crippen LogP) is 4.07. The first-order valence-electron chi connectivity index (χ1n) is 8.66. The molecule has 0 amide bonds. The summed E-state index contributed by atoms with van der Waals surface area (Å²) in [6.07, 6.45) is 0.224. The molecule has 3 unspecified atom stereocenters. The molecule has 0 saturated carbocycles. The van der Waals surface area contributed by atoms with Crippen molar-refractivity contribution in [2.75, 3.05) is 5.73 Å². The molecule has 4 nitrogen and oxygen atoms in total. The largest absolute Gasteiger partial charge is 0.399 e. The average molecular weight is 340 g/mol. The van der Waals surface area contributed by atoms with Crippen LogP contribution < -0.4 is 5.73 Å². The van der Waals surface area contributed by atoms with Gasteiger partial charge in [-0.25, -0.2) is 10.0 Å². The lowest BCUT2D eigenvalue weighted by atomic mass is 10.1. The topological polar surface area (TPSA) is 55.8 Å². The fourth-order valence-corrected chi connectivity index (χ4v) is 3.31. The Bertz CT molecular complexity index is 928. The van der Waals surface area contributed by atoms with E-state index in [1.807, 2.05) is 36.4 Å². The molecule has 1 heterocycles. The number of nitrogens with zero attached hydrogens (tertiary/aromatic N) is 3. The number of hydrogen-bond donors (Lipinski definition) is 1. The lowest BCUT2D eigenvalue weighted by Crippen LogP contribution is -2.07. The highest BCUT2D eigenvalue weighted by Crippen LogP contribution is 2.44. The summed E-state index contributed by atoms with van der Waals surface area (Å²) >= 11 is 0. The average Bonchev–Trinajstić information content (AvgIpc) is 3.34. The number of anilines is 1. The van der Waals surface area contributed by atoms with Gasteiger partial charge in [-0.2, -0.15) is 5.26 Å². The van der Waals surface area contributed by atoms with Crippen molar-refractivity contribution in [2.45, 2.75) is 19.3 Å². The Morgan fingerprint density at radius 2 is 1.46 bits per heavy atom. The maximum atomic E-state index is 9.13. The van der Waals surface area contributed by atoms with Crippen LogP contribution in [0.4, 0.5) is 5.69 Å². The molecular weight excluding hydrogens is 320 g/mol. The third-order valence-electron chi connectivity index (χ3n) is 4.66. The summed E-state index contributed by atoms with van der Waals surface area (Å²) in [5.74, 6) is 0. The Balaban J connectivity index is 1.57. The maximum absolute atomic E-state index is 9.13. The summed E-state index contributed by atoms with van der Waals surface area (Å²) in [5.41, 5.74) is 11.0. The van der Waals surface area contributed by atoms with E-state index in [0.717, 1.165) is 24.3 Å². The van der Waals surface area contributed by atoms with E-state index in [1.54, 1.807) is 0 Å². The lowest BCUT2D eigenvalue weighted by Gasteiger charge is -2.05. The van der Waals surface area contributed by atoms with Crippen LogP contribution in [-0.2, 0) is 13.1 Å². The highest BCUT2D eigenvalue weighted by Gasteiger charge is 2.45. The second-order valence-electron chi connectivity index (χ2n) is 6.53. The third-order valence-corrected chi connectivity index (χ3v) is 4.66. The predicted molar refractivity (Wildman–Crippen MR) is 102 cm³/mol. The minimum absolute atomic E-state index is 0.224. The Morgan fingerprint density at radius 1 is 0.808 bits per heavy atom. The SMILES string of the molecule is N#Cc1cccc(CN2C(c3ccc(N)cc3)N2Cc2ccccc2)c1. The number of rotatable bonds is 5. The Hall–Kier alpha value is -3.13. The smallest absolute Gasteiger partial charge is 0.116 e. The van der Waals surface area contributed by atoms with Crippen LogP contribution in [0.1, 0.15) is 28.4 Å². The van der Waals surface area contributed by atoms with Gasteiger partial charge < -0.3 is 5.73 Å². The minimum atomic E-state index is 0.224. The molecule has 3 aromatic carbocycles. The summed E-state index contributed by atoms with van der Waals surface area (Å²) in [5, 5.41) is 13.8. The van der Waals surface area contributed by atoms with Gasteiger partial charge in [0.2, 0.25) is 0 Å². The van der Waals surface area contributed by atoms with E-state index >= 15 is 0 Å². The molecule has 0 radical (unpaired) electrons. The summed E-state index contributed by atoms with van der Waals surface area (Å²) < 4.78 is 0. The third kappa shape index (κ3) is 3.45. The van der Waals surface area contributed by atoms with Gasteiger partial charge in [0.25, 0.3) is 0 Å². The van der Waals surface area contributed by atoms with Gasteiger partial charge in [-0.1, -0.05) is 54.6 Å². The fourth-order valence-electron chi connectivity index (χ4n) is 3.31. The highest BCUT2D eigenvalue weighted by atomic mass is 15.9. The van der Waals surface area contributed by atoms with Crippen LogP contribution in [0.25, 0.3) is 0 Å². The van der Waals surface area contributed by atoms with Gasteiger partial charge in [-0.3, -0.25) is 0 Å². The number of hydrazine groups is 1. The highest BCUT2D eigenvalue weighted by molar-refractivity contribution is 5.41. The summed E-state index contributed by atoms with van der Waals surface area (Å²) in [4.78, 5) is 0. The van der Waals surface area contributed by atoms with Crippen LogP contribution >= 0.6 is 0 Å². The Kier molecular flexibility index (Phi) is 4.40. The van der Waals surface area contributed by atoms with E-state index in [-0.39, 0.29) is 6.17 Å². The molecule has 0 aromatic heterocycles. The number of nitriles is 1. The molecule has 128 valence electrons. The van der Waals surface area contributed by atoms with Crippen molar-refractivity contribution in [1.82, 2.24) is 10.0 Å². The zero-order valence-corrected chi connectivity index (χ0v) is 14.4. The number of hydrogen-bond acceptors (Lipinski definition) is 4.